The Kier molecular flexibility index (Phi) is 3.05. The lowest BCUT2D eigenvalue weighted by Crippen LogP contribution is -2.13. The molecule has 0 bridgehead atoms. The summed E-state index contributed by atoms with van der Waals surface area (Å²) < 4.78 is 28.9. The summed E-state index contributed by atoms with van der Waals surface area (Å²) in [7, 11) is 0. The molecule has 0 unspecified atom stereocenters. The lowest BCUT2D eigenvalue weighted by molar-refractivity contribution is 0.583. The molecular formula is C13H10F2N6. The van der Waals surface area contributed by atoms with E-state index in [1.165, 1.54) is 23.1 Å². The summed E-state index contributed by atoms with van der Waals surface area (Å²) in [5.74, 6) is -1.45. The number of nitrogen functional groups attached to an aromatic ring is 1. The van der Waals surface area contributed by atoms with Crippen LogP contribution in [0.25, 0.3) is 11.0 Å². The predicted octanol–water partition coefficient (Wildman–Crippen LogP) is 1.44. The summed E-state index contributed by atoms with van der Waals surface area (Å²) in [6.07, 6.45) is 3.81. The van der Waals surface area contributed by atoms with Crippen LogP contribution in [0.3, 0.4) is 0 Å². The molecule has 0 aliphatic carbocycles. The van der Waals surface area contributed by atoms with Gasteiger partial charge in [0.05, 0.1) is 18.1 Å². The van der Waals surface area contributed by atoms with E-state index in [1.54, 1.807) is 0 Å². The Bertz CT molecular complexity index is 842. The van der Waals surface area contributed by atoms with Gasteiger partial charge in [-0.15, -0.1) is 0 Å². The van der Waals surface area contributed by atoms with Gasteiger partial charge in [-0.25, -0.2) is 18.4 Å². The van der Waals surface area contributed by atoms with Crippen LogP contribution in [0.1, 0.15) is 11.3 Å². The fourth-order valence-electron chi connectivity index (χ4n) is 2.05. The highest BCUT2D eigenvalue weighted by Crippen LogP contribution is 2.21. The smallest absolute Gasteiger partial charge is 0.161 e. The van der Waals surface area contributed by atoms with Crippen LogP contribution < -0.4 is 5.73 Å². The third kappa shape index (κ3) is 2.20. The number of hydrogen-bond acceptors (Lipinski definition) is 4. The first-order chi connectivity index (χ1) is 10.1. The molecule has 21 heavy (non-hydrogen) atoms. The van der Waals surface area contributed by atoms with Crippen molar-refractivity contribution in [1.82, 2.24) is 19.7 Å². The van der Waals surface area contributed by atoms with Crippen LogP contribution in [-0.4, -0.2) is 25.6 Å². The van der Waals surface area contributed by atoms with Crippen LogP contribution in [0.4, 0.5) is 8.78 Å². The topological polar surface area (TPSA) is 93.5 Å². The number of nitrogens with one attached hydrogen (secondary N) is 1. The molecule has 3 heterocycles. The molecule has 0 aliphatic rings. The van der Waals surface area contributed by atoms with Gasteiger partial charge in [0.2, 0.25) is 0 Å². The van der Waals surface area contributed by atoms with Crippen molar-refractivity contribution in [3.8, 4) is 0 Å². The van der Waals surface area contributed by atoms with E-state index in [9.17, 15) is 8.78 Å². The van der Waals surface area contributed by atoms with E-state index >= 15 is 0 Å². The molecule has 3 aromatic rings. The highest BCUT2D eigenvalue weighted by atomic mass is 19.1. The van der Waals surface area contributed by atoms with Crippen molar-refractivity contribution in [2.75, 3.05) is 0 Å². The Morgan fingerprint density at radius 2 is 2.05 bits per heavy atom. The largest absolute Gasteiger partial charge is 0.382 e. The van der Waals surface area contributed by atoms with Crippen LogP contribution >= 0.6 is 0 Å². The normalized spacial score (nSPS) is 11.0. The molecule has 0 fully saturated rings. The Labute approximate surface area is 117 Å². The number of nitrogens with zero attached hydrogens (tertiary/aromatic N) is 4. The standard InChI is InChI=1S/C13H10F2N6/c14-8-2-4-19-13-10(8)11(12(16)17)20-21(13)6-7-1-3-18-5-9(7)15/h1-5H,6H2,(H3,16,17). The Hall–Kier alpha value is -2.90. The van der Waals surface area contributed by atoms with E-state index in [0.717, 1.165) is 12.3 Å². The summed E-state index contributed by atoms with van der Waals surface area (Å²) in [6.45, 7) is 0.0363. The maximum absolute atomic E-state index is 13.9. The molecule has 0 radical (unpaired) electrons. The van der Waals surface area contributed by atoms with Gasteiger partial charge >= 0.3 is 0 Å². The van der Waals surface area contributed by atoms with Gasteiger partial charge in [-0.05, 0) is 12.1 Å². The molecule has 3 aromatic heterocycles. The molecule has 0 aliphatic heterocycles. The van der Waals surface area contributed by atoms with Gasteiger partial charge in [0.1, 0.15) is 23.2 Å². The Morgan fingerprint density at radius 1 is 1.24 bits per heavy atom. The van der Waals surface area contributed by atoms with Gasteiger partial charge in [0.25, 0.3) is 0 Å². The zero-order chi connectivity index (χ0) is 15.0. The summed E-state index contributed by atoms with van der Waals surface area (Å²) >= 11 is 0. The molecule has 0 aromatic carbocycles. The molecule has 0 saturated heterocycles. The second kappa shape index (κ2) is 4.89. The number of halogens is 2. The first-order valence-corrected chi connectivity index (χ1v) is 6.01. The minimum Gasteiger partial charge on any atom is -0.382 e. The fraction of sp³-hybridized carbons (Fsp3) is 0.0769. The third-order valence-corrected chi connectivity index (χ3v) is 3.01. The van der Waals surface area contributed by atoms with Gasteiger partial charge in [0.15, 0.2) is 5.65 Å². The maximum atomic E-state index is 13.9. The Morgan fingerprint density at radius 3 is 2.76 bits per heavy atom. The number of pyridine rings is 2. The second-order valence-electron chi connectivity index (χ2n) is 4.38. The van der Waals surface area contributed by atoms with E-state index in [0.29, 0.717) is 5.56 Å². The summed E-state index contributed by atoms with van der Waals surface area (Å²) in [5, 5.41) is 11.6. The van der Waals surface area contributed by atoms with Gasteiger partial charge < -0.3 is 5.73 Å². The van der Waals surface area contributed by atoms with E-state index < -0.39 is 11.6 Å². The monoisotopic (exact) mass is 288 g/mol. The molecule has 3 rings (SSSR count). The molecule has 0 amide bonds. The molecular weight excluding hydrogens is 278 g/mol. The van der Waals surface area contributed by atoms with Crippen LogP contribution in [0.2, 0.25) is 0 Å². The van der Waals surface area contributed by atoms with Crippen molar-refractivity contribution in [3.63, 3.8) is 0 Å². The quantitative estimate of drug-likeness (QED) is 0.563. The van der Waals surface area contributed by atoms with E-state index in [4.69, 9.17) is 11.1 Å². The zero-order valence-electron chi connectivity index (χ0n) is 10.7. The zero-order valence-corrected chi connectivity index (χ0v) is 10.7. The SMILES string of the molecule is N=C(N)c1nn(Cc2ccncc2F)c2nccc(F)c12. The van der Waals surface area contributed by atoms with E-state index in [1.807, 2.05) is 0 Å². The molecule has 3 N–H and O–H groups in total. The van der Waals surface area contributed by atoms with E-state index in [2.05, 4.69) is 15.1 Å². The van der Waals surface area contributed by atoms with Crippen molar-refractivity contribution in [2.45, 2.75) is 6.54 Å². The van der Waals surface area contributed by atoms with Crippen LogP contribution in [0, 0.1) is 17.0 Å². The number of aromatic nitrogens is 4. The highest BCUT2D eigenvalue weighted by Gasteiger charge is 2.18. The Balaban J connectivity index is 2.18. The highest BCUT2D eigenvalue weighted by molar-refractivity contribution is 6.04. The summed E-state index contributed by atoms with van der Waals surface area (Å²) in [6, 6.07) is 2.66. The third-order valence-electron chi connectivity index (χ3n) is 3.01. The van der Waals surface area contributed by atoms with Crippen molar-refractivity contribution in [1.29, 1.82) is 5.41 Å². The number of fused-ring (bicyclic) bond motifs is 1. The molecule has 6 nitrogen and oxygen atoms in total. The minimum atomic E-state index is -0.577. The van der Waals surface area contributed by atoms with E-state index in [-0.39, 0.29) is 29.1 Å². The van der Waals surface area contributed by atoms with Gasteiger partial charge in [-0.1, -0.05) is 0 Å². The maximum Gasteiger partial charge on any atom is 0.161 e. The van der Waals surface area contributed by atoms with Gasteiger partial charge in [-0.2, -0.15) is 5.10 Å². The predicted molar refractivity (Wildman–Crippen MR) is 71.8 cm³/mol. The molecule has 0 atom stereocenters. The average Bonchev–Trinajstić information content (AvgIpc) is 2.82. The van der Waals surface area contributed by atoms with Crippen LogP contribution in [0.5, 0.6) is 0 Å². The molecule has 8 heteroatoms. The number of hydrogen-bond donors (Lipinski definition) is 2. The average molecular weight is 288 g/mol. The summed E-state index contributed by atoms with van der Waals surface area (Å²) in [5.41, 5.74) is 5.94. The lowest BCUT2D eigenvalue weighted by atomic mass is 10.2. The van der Waals surface area contributed by atoms with Crippen molar-refractivity contribution in [3.05, 3.63) is 53.6 Å². The van der Waals surface area contributed by atoms with Gasteiger partial charge in [0, 0.05) is 18.0 Å². The number of amidine groups is 1. The van der Waals surface area contributed by atoms with Crippen molar-refractivity contribution >= 4 is 16.9 Å². The minimum absolute atomic E-state index is 0.00920. The number of rotatable bonds is 3. The molecule has 0 saturated carbocycles. The molecule has 106 valence electrons. The van der Waals surface area contributed by atoms with Crippen LogP contribution in [0.15, 0.2) is 30.7 Å². The van der Waals surface area contributed by atoms with Crippen molar-refractivity contribution < 1.29 is 8.78 Å². The second-order valence-corrected chi connectivity index (χ2v) is 4.38. The lowest BCUT2D eigenvalue weighted by Gasteiger charge is -2.03. The number of nitrogens with two attached hydrogens (primary N) is 1. The fourth-order valence-corrected chi connectivity index (χ4v) is 2.05. The first kappa shape index (κ1) is 13.1. The van der Waals surface area contributed by atoms with Crippen LogP contribution in [-0.2, 0) is 6.54 Å². The van der Waals surface area contributed by atoms with Gasteiger partial charge in [-0.3, -0.25) is 10.4 Å². The van der Waals surface area contributed by atoms with Crippen molar-refractivity contribution in [2.24, 2.45) is 5.73 Å². The first-order valence-electron chi connectivity index (χ1n) is 6.01. The molecule has 0 spiro atoms. The summed E-state index contributed by atoms with van der Waals surface area (Å²) in [4.78, 5) is 7.70.